The summed E-state index contributed by atoms with van der Waals surface area (Å²) in [6, 6.07) is 6.11. The second kappa shape index (κ2) is 7.92. The Labute approximate surface area is 140 Å². The molecule has 24 heavy (non-hydrogen) atoms. The van der Waals surface area contributed by atoms with Crippen LogP contribution >= 0.6 is 0 Å². The zero-order chi connectivity index (χ0) is 17.7. The standard InChI is InChI=1S/C17H21NO6/c1-11(19)13-4-3-5-15(8-13)24-12(2)17(22)18-6-7-23-10-14(18)9-16(20)21/h3-5,8,12,14H,6-7,9-10H2,1-2H3,(H,20,21). The van der Waals surface area contributed by atoms with Crippen LogP contribution in [0.2, 0.25) is 0 Å². The van der Waals surface area contributed by atoms with E-state index in [9.17, 15) is 14.4 Å². The van der Waals surface area contributed by atoms with E-state index in [0.29, 0.717) is 24.5 Å². The molecule has 130 valence electrons. The van der Waals surface area contributed by atoms with Crippen LogP contribution in [0.25, 0.3) is 0 Å². The van der Waals surface area contributed by atoms with E-state index in [1.807, 2.05) is 0 Å². The van der Waals surface area contributed by atoms with Crippen LogP contribution in [0.15, 0.2) is 24.3 Å². The number of nitrogens with zero attached hydrogens (tertiary/aromatic N) is 1. The van der Waals surface area contributed by atoms with E-state index >= 15 is 0 Å². The summed E-state index contributed by atoms with van der Waals surface area (Å²) in [5.41, 5.74) is 0.502. The average molecular weight is 335 g/mol. The molecule has 1 saturated heterocycles. The molecule has 1 amide bonds. The molecule has 1 N–H and O–H groups in total. The first-order chi connectivity index (χ1) is 11.4. The highest BCUT2D eigenvalue weighted by molar-refractivity contribution is 5.94. The van der Waals surface area contributed by atoms with Crippen molar-refractivity contribution in [3.63, 3.8) is 0 Å². The molecule has 1 fully saturated rings. The number of morpholine rings is 1. The molecule has 1 aliphatic heterocycles. The summed E-state index contributed by atoms with van der Waals surface area (Å²) in [5, 5.41) is 8.96. The summed E-state index contributed by atoms with van der Waals surface area (Å²) in [6.45, 7) is 3.96. The summed E-state index contributed by atoms with van der Waals surface area (Å²) in [6.07, 6.45) is -0.959. The number of Topliss-reactive ketones (excluding diaryl/α,β-unsaturated/α-hetero) is 1. The van der Waals surface area contributed by atoms with Gasteiger partial charge in [0.1, 0.15) is 5.75 Å². The van der Waals surface area contributed by atoms with Crippen molar-refractivity contribution in [1.82, 2.24) is 4.90 Å². The maximum Gasteiger partial charge on any atom is 0.305 e. The molecule has 0 aliphatic carbocycles. The van der Waals surface area contributed by atoms with Crippen molar-refractivity contribution in [2.45, 2.75) is 32.4 Å². The number of carbonyl (C=O) groups is 3. The fourth-order valence-electron chi connectivity index (χ4n) is 2.59. The molecule has 2 unspecified atom stereocenters. The Hall–Kier alpha value is -2.41. The van der Waals surface area contributed by atoms with Crippen LogP contribution < -0.4 is 4.74 Å². The van der Waals surface area contributed by atoms with Crippen molar-refractivity contribution in [2.24, 2.45) is 0 Å². The van der Waals surface area contributed by atoms with Gasteiger partial charge in [0.2, 0.25) is 0 Å². The molecule has 1 aliphatic rings. The molecule has 0 radical (unpaired) electrons. The maximum absolute atomic E-state index is 12.6. The zero-order valence-electron chi connectivity index (χ0n) is 13.7. The number of carboxylic acid groups (broad SMARTS) is 1. The zero-order valence-corrected chi connectivity index (χ0v) is 13.7. The van der Waals surface area contributed by atoms with Gasteiger partial charge in [0.15, 0.2) is 11.9 Å². The summed E-state index contributed by atoms with van der Waals surface area (Å²) in [5.74, 6) is -0.940. The van der Waals surface area contributed by atoms with E-state index in [2.05, 4.69) is 0 Å². The van der Waals surface area contributed by atoms with Crippen molar-refractivity contribution in [3.05, 3.63) is 29.8 Å². The van der Waals surface area contributed by atoms with Gasteiger partial charge in [-0.3, -0.25) is 14.4 Å². The van der Waals surface area contributed by atoms with Gasteiger partial charge in [0.05, 0.1) is 25.7 Å². The predicted octanol–water partition coefficient (Wildman–Crippen LogP) is 1.36. The van der Waals surface area contributed by atoms with E-state index in [4.69, 9.17) is 14.6 Å². The third-order valence-corrected chi connectivity index (χ3v) is 3.82. The van der Waals surface area contributed by atoms with E-state index in [0.717, 1.165) is 0 Å². The summed E-state index contributed by atoms with van der Waals surface area (Å²) in [4.78, 5) is 36.4. The third-order valence-electron chi connectivity index (χ3n) is 3.82. The Kier molecular flexibility index (Phi) is 5.92. The minimum atomic E-state index is -0.981. The van der Waals surface area contributed by atoms with Gasteiger partial charge >= 0.3 is 5.97 Å². The van der Waals surface area contributed by atoms with Crippen molar-refractivity contribution >= 4 is 17.7 Å². The lowest BCUT2D eigenvalue weighted by atomic mass is 10.1. The van der Waals surface area contributed by atoms with Crippen LogP contribution in [0.5, 0.6) is 5.75 Å². The molecule has 0 saturated carbocycles. The number of ketones is 1. The Morgan fingerprint density at radius 2 is 2.17 bits per heavy atom. The molecule has 7 heteroatoms. The van der Waals surface area contributed by atoms with Crippen LogP contribution in [0.1, 0.15) is 30.6 Å². The van der Waals surface area contributed by atoms with Gasteiger partial charge in [0, 0.05) is 12.1 Å². The van der Waals surface area contributed by atoms with Crippen molar-refractivity contribution in [3.8, 4) is 5.75 Å². The largest absolute Gasteiger partial charge is 0.481 e. The Bertz CT molecular complexity index is 629. The van der Waals surface area contributed by atoms with Crippen LogP contribution in [-0.4, -0.2) is 59.6 Å². The lowest BCUT2D eigenvalue weighted by molar-refractivity contribution is -0.150. The average Bonchev–Trinajstić information content (AvgIpc) is 2.54. The number of hydrogen-bond donors (Lipinski definition) is 1. The molecule has 2 atom stereocenters. The van der Waals surface area contributed by atoms with E-state index in [-0.39, 0.29) is 24.7 Å². The number of ether oxygens (including phenoxy) is 2. The number of aliphatic carboxylic acids is 1. The predicted molar refractivity (Wildman–Crippen MR) is 85.1 cm³/mol. The maximum atomic E-state index is 12.6. The molecule has 7 nitrogen and oxygen atoms in total. The highest BCUT2D eigenvalue weighted by Gasteiger charge is 2.32. The van der Waals surface area contributed by atoms with Gasteiger partial charge in [-0.1, -0.05) is 12.1 Å². The molecular formula is C17H21NO6. The number of hydrogen-bond acceptors (Lipinski definition) is 5. The SMILES string of the molecule is CC(=O)c1cccc(OC(C)C(=O)N2CCOCC2CC(=O)O)c1. The van der Waals surface area contributed by atoms with E-state index in [1.54, 1.807) is 31.2 Å². The number of carbonyl (C=O) groups excluding carboxylic acids is 2. The van der Waals surface area contributed by atoms with Crippen LogP contribution in [0.4, 0.5) is 0 Å². The molecule has 2 rings (SSSR count). The Balaban J connectivity index is 2.06. The van der Waals surface area contributed by atoms with Crippen molar-refractivity contribution < 1.29 is 29.0 Å². The fraction of sp³-hybridized carbons (Fsp3) is 0.471. The number of amides is 1. The second-order valence-corrected chi connectivity index (χ2v) is 5.70. The minimum Gasteiger partial charge on any atom is -0.481 e. The Morgan fingerprint density at radius 3 is 2.83 bits per heavy atom. The molecule has 0 aromatic heterocycles. The van der Waals surface area contributed by atoms with Gasteiger partial charge < -0.3 is 19.5 Å². The molecule has 1 heterocycles. The first-order valence-electron chi connectivity index (χ1n) is 7.76. The third kappa shape index (κ3) is 4.55. The quantitative estimate of drug-likeness (QED) is 0.789. The lowest BCUT2D eigenvalue weighted by Gasteiger charge is -2.36. The molecule has 0 bridgehead atoms. The van der Waals surface area contributed by atoms with E-state index in [1.165, 1.54) is 11.8 Å². The summed E-state index contributed by atoms with van der Waals surface area (Å²) < 4.78 is 10.9. The second-order valence-electron chi connectivity index (χ2n) is 5.70. The fourth-order valence-corrected chi connectivity index (χ4v) is 2.59. The highest BCUT2D eigenvalue weighted by Crippen LogP contribution is 2.18. The summed E-state index contributed by atoms with van der Waals surface area (Å²) in [7, 11) is 0. The van der Waals surface area contributed by atoms with E-state index < -0.39 is 18.1 Å². The van der Waals surface area contributed by atoms with Crippen molar-refractivity contribution in [2.75, 3.05) is 19.8 Å². The molecule has 1 aromatic carbocycles. The first-order valence-corrected chi connectivity index (χ1v) is 7.76. The van der Waals surface area contributed by atoms with Crippen LogP contribution in [-0.2, 0) is 14.3 Å². The van der Waals surface area contributed by atoms with Gasteiger partial charge in [-0.2, -0.15) is 0 Å². The van der Waals surface area contributed by atoms with Gasteiger partial charge in [-0.25, -0.2) is 0 Å². The molecule has 0 spiro atoms. The van der Waals surface area contributed by atoms with Gasteiger partial charge in [-0.05, 0) is 26.0 Å². The van der Waals surface area contributed by atoms with Gasteiger partial charge in [-0.15, -0.1) is 0 Å². The minimum absolute atomic E-state index is 0.0888. The highest BCUT2D eigenvalue weighted by atomic mass is 16.5. The van der Waals surface area contributed by atoms with Gasteiger partial charge in [0.25, 0.3) is 5.91 Å². The van der Waals surface area contributed by atoms with Crippen LogP contribution in [0.3, 0.4) is 0 Å². The normalized spacial score (nSPS) is 18.8. The first kappa shape index (κ1) is 17.9. The number of rotatable bonds is 6. The molecule has 1 aromatic rings. The lowest BCUT2D eigenvalue weighted by Crippen LogP contribution is -2.53. The van der Waals surface area contributed by atoms with Crippen molar-refractivity contribution in [1.29, 1.82) is 0 Å². The number of carboxylic acids is 1. The topological polar surface area (TPSA) is 93.1 Å². The summed E-state index contributed by atoms with van der Waals surface area (Å²) >= 11 is 0. The smallest absolute Gasteiger partial charge is 0.305 e. The van der Waals surface area contributed by atoms with Crippen LogP contribution in [0, 0.1) is 0 Å². The Morgan fingerprint density at radius 1 is 1.42 bits per heavy atom. The monoisotopic (exact) mass is 335 g/mol. The molecular weight excluding hydrogens is 314 g/mol. The number of benzene rings is 1.